The molecule has 102 valence electrons. The quantitative estimate of drug-likeness (QED) is 0.858. The van der Waals surface area contributed by atoms with Gasteiger partial charge in [-0.1, -0.05) is 18.2 Å². The van der Waals surface area contributed by atoms with Gasteiger partial charge in [0.25, 0.3) is 0 Å². The Morgan fingerprint density at radius 1 is 1.30 bits per heavy atom. The number of rotatable bonds is 3. The first-order chi connectivity index (χ1) is 9.86. The molecule has 2 aromatic rings. The van der Waals surface area contributed by atoms with E-state index in [1.54, 1.807) is 0 Å². The van der Waals surface area contributed by atoms with Crippen molar-refractivity contribution in [3.05, 3.63) is 35.9 Å². The Balaban J connectivity index is 1.80. The molecule has 1 aromatic carbocycles. The molecule has 1 aliphatic rings. The molecule has 1 aromatic heterocycles. The summed E-state index contributed by atoms with van der Waals surface area (Å²) in [5, 5.41) is 10.2. The highest BCUT2D eigenvalue weighted by atomic mass is 16.5. The Morgan fingerprint density at radius 3 is 2.90 bits per heavy atom. The van der Waals surface area contributed by atoms with E-state index in [0.717, 1.165) is 37.0 Å². The van der Waals surface area contributed by atoms with Gasteiger partial charge < -0.3 is 9.47 Å². The van der Waals surface area contributed by atoms with Crippen molar-refractivity contribution in [3.63, 3.8) is 0 Å². The number of nitriles is 1. The Morgan fingerprint density at radius 2 is 2.10 bits per heavy atom. The molecule has 1 saturated heterocycles. The molecule has 3 rings (SSSR count). The Hall–Kier alpha value is -2.12. The van der Waals surface area contributed by atoms with Crippen LogP contribution < -0.4 is 4.74 Å². The fourth-order valence-electron chi connectivity index (χ4n) is 2.40. The van der Waals surface area contributed by atoms with Crippen LogP contribution in [0.2, 0.25) is 0 Å². The van der Waals surface area contributed by atoms with E-state index in [1.807, 2.05) is 30.3 Å². The molecule has 0 saturated carbocycles. The van der Waals surface area contributed by atoms with E-state index < -0.39 is 0 Å². The predicted molar refractivity (Wildman–Crippen MR) is 75.5 cm³/mol. The molecule has 0 radical (unpaired) electrons. The van der Waals surface area contributed by atoms with E-state index in [2.05, 4.69) is 11.1 Å². The van der Waals surface area contributed by atoms with Gasteiger partial charge in [0.05, 0.1) is 12.1 Å². The number of hydrogen-bond donors (Lipinski definition) is 0. The summed E-state index contributed by atoms with van der Waals surface area (Å²) in [5.41, 5.74) is 1.35. The van der Waals surface area contributed by atoms with Crippen LogP contribution in [0.25, 0.3) is 10.9 Å². The van der Waals surface area contributed by atoms with Crippen LogP contribution in [-0.2, 0) is 4.74 Å². The zero-order chi connectivity index (χ0) is 13.8. The van der Waals surface area contributed by atoms with Gasteiger partial charge in [0.1, 0.15) is 11.6 Å². The van der Waals surface area contributed by atoms with Crippen LogP contribution in [-0.4, -0.2) is 24.8 Å². The maximum atomic E-state index is 9.22. The van der Waals surface area contributed by atoms with Crippen molar-refractivity contribution >= 4 is 10.9 Å². The van der Waals surface area contributed by atoms with Crippen LogP contribution in [0.15, 0.2) is 30.3 Å². The van der Waals surface area contributed by atoms with Gasteiger partial charge in [-0.15, -0.1) is 0 Å². The normalized spacial score (nSPS) is 15.9. The van der Waals surface area contributed by atoms with Gasteiger partial charge in [-0.3, -0.25) is 0 Å². The number of pyridine rings is 1. The summed E-state index contributed by atoms with van der Waals surface area (Å²) >= 11 is 0. The van der Waals surface area contributed by atoms with Crippen molar-refractivity contribution in [2.45, 2.75) is 12.8 Å². The lowest BCUT2D eigenvalue weighted by molar-refractivity contribution is 0.0490. The fraction of sp³-hybridized carbons (Fsp3) is 0.375. The summed E-state index contributed by atoms with van der Waals surface area (Å²) < 4.78 is 11.1. The Labute approximate surface area is 118 Å². The molecule has 0 aliphatic carbocycles. The van der Waals surface area contributed by atoms with Gasteiger partial charge in [-0.2, -0.15) is 5.26 Å². The Kier molecular flexibility index (Phi) is 3.80. The van der Waals surface area contributed by atoms with E-state index in [4.69, 9.17) is 9.47 Å². The van der Waals surface area contributed by atoms with Crippen molar-refractivity contribution in [1.82, 2.24) is 4.98 Å². The summed E-state index contributed by atoms with van der Waals surface area (Å²) in [6, 6.07) is 11.7. The zero-order valence-electron chi connectivity index (χ0n) is 11.2. The highest BCUT2D eigenvalue weighted by Gasteiger charge is 2.16. The molecule has 0 N–H and O–H groups in total. The standard InChI is InChI=1S/C16H16N2O2/c17-10-14-9-13-3-1-2-4-15(13)18-16(14)20-11-12-5-7-19-8-6-12/h1-4,9,12H,5-8,11H2. The molecular formula is C16H16N2O2. The van der Waals surface area contributed by atoms with Crippen molar-refractivity contribution in [1.29, 1.82) is 5.26 Å². The second kappa shape index (κ2) is 5.89. The van der Waals surface area contributed by atoms with Crippen LogP contribution in [0.4, 0.5) is 0 Å². The average Bonchev–Trinajstić information content (AvgIpc) is 2.53. The number of hydrogen-bond acceptors (Lipinski definition) is 4. The van der Waals surface area contributed by atoms with Crippen molar-refractivity contribution in [3.8, 4) is 11.9 Å². The number of benzene rings is 1. The van der Waals surface area contributed by atoms with Crippen LogP contribution >= 0.6 is 0 Å². The molecule has 2 heterocycles. The summed E-state index contributed by atoms with van der Waals surface area (Å²) in [5.74, 6) is 0.932. The van der Waals surface area contributed by atoms with Crippen molar-refractivity contribution in [2.75, 3.05) is 19.8 Å². The van der Waals surface area contributed by atoms with Gasteiger partial charge in [-0.05, 0) is 30.9 Å². The van der Waals surface area contributed by atoms with Gasteiger partial charge >= 0.3 is 0 Å². The second-order valence-electron chi connectivity index (χ2n) is 5.01. The van der Waals surface area contributed by atoms with E-state index >= 15 is 0 Å². The van der Waals surface area contributed by atoms with Crippen molar-refractivity contribution in [2.24, 2.45) is 5.92 Å². The van der Waals surface area contributed by atoms with Crippen LogP contribution in [0.3, 0.4) is 0 Å². The van der Waals surface area contributed by atoms with Gasteiger partial charge in [0, 0.05) is 18.6 Å². The zero-order valence-corrected chi connectivity index (χ0v) is 11.2. The highest BCUT2D eigenvalue weighted by Crippen LogP contribution is 2.23. The topological polar surface area (TPSA) is 55.1 Å². The number of nitrogens with zero attached hydrogens (tertiary/aromatic N) is 2. The molecule has 0 unspecified atom stereocenters. The molecule has 4 nitrogen and oxygen atoms in total. The highest BCUT2D eigenvalue weighted by molar-refractivity contribution is 5.80. The predicted octanol–water partition coefficient (Wildman–Crippen LogP) is 2.91. The number of para-hydroxylation sites is 1. The molecular weight excluding hydrogens is 252 g/mol. The van der Waals surface area contributed by atoms with Crippen molar-refractivity contribution < 1.29 is 9.47 Å². The third-order valence-corrected chi connectivity index (χ3v) is 3.61. The van der Waals surface area contributed by atoms with Crippen LogP contribution in [0.1, 0.15) is 18.4 Å². The van der Waals surface area contributed by atoms with E-state index in [-0.39, 0.29) is 0 Å². The van der Waals surface area contributed by atoms with E-state index in [0.29, 0.717) is 24.0 Å². The average molecular weight is 268 g/mol. The molecule has 0 atom stereocenters. The van der Waals surface area contributed by atoms with Gasteiger partial charge in [-0.25, -0.2) is 4.98 Å². The minimum Gasteiger partial charge on any atom is -0.476 e. The first-order valence-corrected chi connectivity index (χ1v) is 6.87. The summed E-state index contributed by atoms with van der Waals surface area (Å²) in [4.78, 5) is 4.45. The van der Waals surface area contributed by atoms with Gasteiger partial charge in [0.2, 0.25) is 5.88 Å². The van der Waals surface area contributed by atoms with Gasteiger partial charge in [0.15, 0.2) is 0 Å². The summed E-state index contributed by atoms with van der Waals surface area (Å²) in [7, 11) is 0. The molecule has 4 heteroatoms. The lowest BCUT2D eigenvalue weighted by Crippen LogP contribution is -2.21. The second-order valence-corrected chi connectivity index (χ2v) is 5.01. The smallest absolute Gasteiger partial charge is 0.232 e. The molecule has 0 bridgehead atoms. The maximum absolute atomic E-state index is 9.22. The molecule has 0 amide bonds. The number of aromatic nitrogens is 1. The SMILES string of the molecule is N#Cc1cc2ccccc2nc1OCC1CCOCC1. The summed E-state index contributed by atoms with van der Waals surface area (Å²) in [6.07, 6.45) is 2.02. The maximum Gasteiger partial charge on any atom is 0.232 e. The third kappa shape index (κ3) is 2.73. The molecule has 1 fully saturated rings. The molecule has 0 spiro atoms. The Bertz CT molecular complexity index is 642. The van der Waals surface area contributed by atoms with Crippen LogP contribution in [0.5, 0.6) is 5.88 Å². The minimum atomic E-state index is 0.442. The summed E-state index contributed by atoms with van der Waals surface area (Å²) in [6.45, 7) is 2.19. The lowest BCUT2D eigenvalue weighted by Gasteiger charge is -2.22. The first kappa shape index (κ1) is 12.9. The number of ether oxygens (including phenoxy) is 2. The molecule has 1 aliphatic heterocycles. The third-order valence-electron chi connectivity index (χ3n) is 3.61. The van der Waals surface area contributed by atoms with E-state index in [9.17, 15) is 5.26 Å². The lowest BCUT2D eigenvalue weighted by atomic mass is 10.0. The minimum absolute atomic E-state index is 0.442. The largest absolute Gasteiger partial charge is 0.476 e. The fourth-order valence-corrected chi connectivity index (χ4v) is 2.40. The monoisotopic (exact) mass is 268 g/mol. The van der Waals surface area contributed by atoms with E-state index in [1.165, 1.54) is 0 Å². The molecule has 20 heavy (non-hydrogen) atoms. The van der Waals surface area contributed by atoms with Crippen LogP contribution in [0, 0.1) is 17.2 Å². The first-order valence-electron chi connectivity index (χ1n) is 6.87. The number of fused-ring (bicyclic) bond motifs is 1.